The predicted molar refractivity (Wildman–Crippen MR) is 49.0 cm³/mol. The summed E-state index contributed by atoms with van der Waals surface area (Å²) in [6.45, 7) is 0. The Balaban J connectivity index is 2.64. The second-order valence-electron chi connectivity index (χ2n) is 2.36. The second kappa shape index (κ2) is 3.02. The fourth-order valence-electron chi connectivity index (χ4n) is 0.998. The molecule has 66 valence electrons. The number of nitrogens with two attached hydrogens (primary N) is 1. The molecule has 0 fully saturated rings. The lowest BCUT2D eigenvalue weighted by atomic mass is 10.3. The van der Waals surface area contributed by atoms with E-state index in [1.807, 2.05) is 0 Å². The number of H-pyrrole nitrogens is 1. The van der Waals surface area contributed by atoms with Crippen molar-refractivity contribution in [2.45, 2.75) is 0 Å². The number of rotatable bonds is 1. The van der Waals surface area contributed by atoms with Crippen LogP contribution in [0.25, 0.3) is 11.4 Å². The smallest absolute Gasteiger partial charge is 0.145 e. The van der Waals surface area contributed by atoms with Gasteiger partial charge in [0.15, 0.2) is 0 Å². The topological polar surface area (TPSA) is 80.5 Å². The summed E-state index contributed by atoms with van der Waals surface area (Å²) >= 11 is 5.83. The minimum Gasteiger partial charge on any atom is -0.383 e. The molecule has 13 heavy (non-hydrogen) atoms. The fourth-order valence-corrected chi connectivity index (χ4v) is 1.23. The Morgan fingerprint density at radius 1 is 1.31 bits per heavy atom. The first-order valence-corrected chi connectivity index (χ1v) is 3.92. The van der Waals surface area contributed by atoms with Crippen molar-refractivity contribution in [1.82, 2.24) is 19.9 Å². The maximum Gasteiger partial charge on any atom is 0.145 e. The number of aromatic amines is 1. The van der Waals surface area contributed by atoms with Gasteiger partial charge < -0.3 is 10.7 Å². The third-order valence-corrected chi connectivity index (χ3v) is 1.85. The van der Waals surface area contributed by atoms with E-state index in [1.165, 1.54) is 6.33 Å². The molecule has 6 heteroatoms. The molecule has 2 aromatic heterocycles. The van der Waals surface area contributed by atoms with E-state index in [0.29, 0.717) is 22.4 Å². The van der Waals surface area contributed by atoms with Gasteiger partial charge in [0.1, 0.15) is 23.1 Å². The molecule has 0 spiro atoms. The average Bonchev–Trinajstić information content (AvgIpc) is 2.57. The van der Waals surface area contributed by atoms with Gasteiger partial charge in [-0.15, -0.1) is 0 Å². The molecule has 0 saturated heterocycles. The molecule has 0 aliphatic carbocycles. The molecule has 0 aliphatic rings. The van der Waals surface area contributed by atoms with Crippen molar-refractivity contribution >= 4 is 17.4 Å². The van der Waals surface area contributed by atoms with Crippen molar-refractivity contribution < 1.29 is 0 Å². The standard InChI is InChI=1S/C7H6ClN5/c8-5-4(6(9)13-3-12-5)7-10-1-2-11-7/h1-3H,(H,10,11)(H2,9,12,13). The van der Waals surface area contributed by atoms with Crippen LogP contribution in [0.4, 0.5) is 5.82 Å². The third kappa shape index (κ3) is 1.33. The van der Waals surface area contributed by atoms with Gasteiger partial charge in [-0.1, -0.05) is 11.6 Å². The first kappa shape index (κ1) is 8.00. The summed E-state index contributed by atoms with van der Waals surface area (Å²) in [5.41, 5.74) is 6.15. The number of nitrogen functional groups attached to an aromatic ring is 1. The number of nitrogens with one attached hydrogen (secondary N) is 1. The van der Waals surface area contributed by atoms with Crippen LogP contribution in [0.5, 0.6) is 0 Å². The van der Waals surface area contributed by atoms with E-state index in [9.17, 15) is 0 Å². The zero-order chi connectivity index (χ0) is 9.26. The van der Waals surface area contributed by atoms with Gasteiger partial charge in [0.05, 0.1) is 5.56 Å². The molecule has 0 atom stereocenters. The summed E-state index contributed by atoms with van der Waals surface area (Å²) in [5, 5.41) is 0.294. The highest BCUT2D eigenvalue weighted by atomic mass is 35.5. The van der Waals surface area contributed by atoms with E-state index in [4.69, 9.17) is 17.3 Å². The third-order valence-electron chi connectivity index (χ3n) is 1.57. The molecule has 0 radical (unpaired) electrons. The Hall–Kier alpha value is -1.62. The van der Waals surface area contributed by atoms with E-state index >= 15 is 0 Å². The summed E-state index contributed by atoms with van der Waals surface area (Å²) in [7, 11) is 0. The van der Waals surface area contributed by atoms with Gasteiger partial charge in [0.2, 0.25) is 0 Å². The van der Waals surface area contributed by atoms with Gasteiger partial charge in [0, 0.05) is 12.4 Å². The number of nitrogens with zero attached hydrogens (tertiary/aromatic N) is 3. The lowest BCUT2D eigenvalue weighted by Crippen LogP contribution is -1.97. The zero-order valence-corrected chi connectivity index (χ0v) is 7.28. The van der Waals surface area contributed by atoms with Crippen molar-refractivity contribution in [3.63, 3.8) is 0 Å². The molecule has 2 rings (SSSR count). The summed E-state index contributed by atoms with van der Waals surface area (Å²) in [5.74, 6) is 0.887. The van der Waals surface area contributed by atoms with Crippen LogP contribution in [0.15, 0.2) is 18.7 Å². The maximum absolute atomic E-state index is 5.83. The molecule has 5 nitrogen and oxygen atoms in total. The van der Waals surface area contributed by atoms with E-state index in [2.05, 4.69) is 19.9 Å². The van der Waals surface area contributed by atoms with Gasteiger partial charge in [-0.25, -0.2) is 15.0 Å². The molecule has 2 heterocycles. The predicted octanol–water partition coefficient (Wildman–Crippen LogP) is 1.10. The molecule has 0 unspecified atom stereocenters. The summed E-state index contributed by atoms with van der Waals surface area (Å²) in [4.78, 5) is 14.5. The quantitative estimate of drug-likeness (QED) is 0.668. The fraction of sp³-hybridized carbons (Fsp3) is 0. The molecular weight excluding hydrogens is 190 g/mol. The number of hydrogen-bond acceptors (Lipinski definition) is 4. The van der Waals surface area contributed by atoms with Crippen LogP contribution in [-0.2, 0) is 0 Å². The Morgan fingerprint density at radius 3 is 2.77 bits per heavy atom. The summed E-state index contributed by atoms with van der Waals surface area (Å²) < 4.78 is 0. The molecule has 2 aromatic rings. The highest BCUT2D eigenvalue weighted by Gasteiger charge is 2.11. The molecule has 0 saturated carbocycles. The largest absolute Gasteiger partial charge is 0.383 e. The van der Waals surface area contributed by atoms with Crippen LogP contribution in [0, 0.1) is 0 Å². The van der Waals surface area contributed by atoms with Crippen LogP contribution in [0.1, 0.15) is 0 Å². The van der Waals surface area contributed by atoms with Crippen LogP contribution in [0.3, 0.4) is 0 Å². The highest BCUT2D eigenvalue weighted by molar-refractivity contribution is 6.32. The van der Waals surface area contributed by atoms with Crippen molar-refractivity contribution in [2.24, 2.45) is 0 Å². The Bertz CT molecular complexity index is 391. The lowest BCUT2D eigenvalue weighted by molar-refractivity contribution is 1.16. The van der Waals surface area contributed by atoms with Crippen LogP contribution in [-0.4, -0.2) is 19.9 Å². The second-order valence-corrected chi connectivity index (χ2v) is 2.72. The van der Waals surface area contributed by atoms with Gasteiger partial charge in [0.25, 0.3) is 0 Å². The number of halogens is 1. The molecular formula is C7H6ClN5. The minimum absolute atomic E-state index is 0.294. The number of imidazole rings is 1. The van der Waals surface area contributed by atoms with Crippen molar-refractivity contribution in [1.29, 1.82) is 0 Å². The first-order chi connectivity index (χ1) is 6.29. The number of anilines is 1. The van der Waals surface area contributed by atoms with Crippen LogP contribution >= 0.6 is 11.6 Å². The van der Waals surface area contributed by atoms with E-state index < -0.39 is 0 Å². The van der Waals surface area contributed by atoms with Crippen LogP contribution in [0.2, 0.25) is 5.15 Å². The Kier molecular flexibility index (Phi) is 1.86. The van der Waals surface area contributed by atoms with Crippen molar-refractivity contribution in [3.05, 3.63) is 23.9 Å². The monoisotopic (exact) mass is 195 g/mol. The van der Waals surface area contributed by atoms with Crippen molar-refractivity contribution in [2.75, 3.05) is 5.73 Å². The van der Waals surface area contributed by atoms with Gasteiger partial charge in [-0.3, -0.25) is 0 Å². The minimum atomic E-state index is 0.294. The number of hydrogen-bond donors (Lipinski definition) is 2. The molecule has 0 aromatic carbocycles. The average molecular weight is 196 g/mol. The Morgan fingerprint density at radius 2 is 2.15 bits per heavy atom. The number of aromatic nitrogens is 4. The normalized spacial score (nSPS) is 10.2. The maximum atomic E-state index is 5.83. The lowest BCUT2D eigenvalue weighted by Gasteiger charge is -2.01. The molecule has 0 bridgehead atoms. The summed E-state index contributed by atoms with van der Waals surface area (Å²) in [6.07, 6.45) is 4.60. The van der Waals surface area contributed by atoms with E-state index in [1.54, 1.807) is 12.4 Å². The van der Waals surface area contributed by atoms with Gasteiger partial charge in [-0.05, 0) is 0 Å². The zero-order valence-electron chi connectivity index (χ0n) is 6.53. The highest BCUT2D eigenvalue weighted by Crippen LogP contribution is 2.26. The molecule has 0 aliphatic heterocycles. The molecule has 0 amide bonds. The van der Waals surface area contributed by atoms with E-state index in [-0.39, 0.29) is 0 Å². The van der Waals surface area contributed by atoms with Crippen molar-refractivity contribution in [3.8, 4) is 11.4 Å². The summed E-state index contributed by atoms with van der Waals surface area (Å²) in [6, 6.07) is 0. The van der Waals surface area contributed by atoms with Crippen LogP contribution < -0.4 is 5.73 Å². The van der Waals surface area contributed by atoms with Gasteiger partial charge in [-0.2, -0.15) is 0 Å². The SMILES string of the molecule is Nc1ncnc(Cl)c1-c1ncc[nH]1. The Labute approximate surface area is 79.0 Å². The van der Waals surface area contributed by atoms with E-state index in [0.717, 1.165) is 0 Å². The van der Waals surface area contributed by atoms with Gasteiger partial charge >= 0.3 is 0 Å². The first-order valence-electron chi connectivity index (χ1n) is 3.55. The molecule has 3 N–H and O–H groups in total.